The topological polar surface area (TPSA) is 45.4 Å². The highest BCUT2D eigenvalue weighted by Gasteiger charge is 2.31. The second-order valence-electron chi connectivity index (χ2n) is 4.10. The molecule has 0 aliphatic rings. The number of furan rings is 1. The molecule has 1 aromatic heterocycles. The number of anilines is 1. The number of hydrogen-bond acceptors (Lipinski definition) is 3. The molecule has 108 valence electrons. The van der Waals surface area contributed by atoms with Crippen LogP contribution >= 0.6 is 11.6 Å². The molecule has 1 heterocycles. The first-order valence-electron chi connectivity index (χ1n) is 5.70. The van der Waals surface area contributed by atoms with Crippen molar-refractivity contribution in [2.75, 3.05) is 11.9 Å². The number of halogens is 4. The van der Waals surface area contributed by atoms with Gasteiger partial charge in [0.05, 0.1) is 22.5 Å². The predicted molar refractivity (Wildman–Crippen MR) is 68.6 cm³/mol. The zero-order chi connectivity index (χ0) is 14.8. The fraction of sp³-hybridized carbons (Fsp3) is 0.231. The van der Waals surface area contributed by atoms with Gasteiger partial charge in [-0.3, -0.25) is 0 Å². The van der Waals surface area contributed by atoms with Gasteiger partial charge in [-0.1, -0.05) is 11.6 Å². The fourth-order valence-electron chi connectivity index (χ4n) is 1.63. The maximum atomic E-state index is 12.6. The van der Waals surface area contributed by atoms with Crippen LogP contribution in [0.1, 0.15) is 17.4 Å². The highest BCUT2D eigenvalue weighted by molar-refractivity contribution is 6.33. The standard InChI is InChI=1S/C13H11ClF3NO2/c14-9-4-3-8(13(15,16)17)6-10(9)18-7-11(19)12-2-1-5-20-12/h1-6,11,18-19H,7H2. The first-order valence-corrected chi connectivity index (χ1v) is 6.08. The minimum atomic E-state index is -4.44. The number of alkyl halides is 3. The first-order chi connectivity index (χ1) is 9.38. The second kappa shape index (κ2) is 5.76. The molecule has 0 saturated heterocycles. The van der Waals surface area contributed by atoms with E-state index in [1.165, 1.54) is 6.26 Å². The number of aliphatic hydroxyl groups is 1. The Hall–Kier alpha value is -1.66. The summed E-state index contributed by atoms with van der Waals surface area (Å²) in [7, 11) is 0. The second-order valence-corrected chi connectivity index (χ2v) is 4.51. The lowest BCUT2D eigenvalue weighted by atomic mass is 10.2. The van der Waals surface area contributed by atoms with E-state index in [2.05, 4.69) is 5.32 Å². The average molecular weight is 306 g/mol. The van der Waals surface area contributed by atoms with Crippen LogP contribution in [0.4, 0.5) is 18.9 Å². The van der Waals surface area contributed by atoms with Crippen molar-refractivity contribution < 1.29 is 22.7 Å². The van der Waals surface area contributed by atoms with Gasteiger partial charge in [0.25, 0.3) is 0 Å². The summed E-state index contributed by atoms with van der Waals surface area (Å²) in [5, 5.41) is 12.6. The van der Waals surface area contributed by atoms with Crippen LogP contribution < -0.4 is 5.32 Å². The van der Waals surface area contributed by atoms with Gasteiger partial charge in [0.2, 0.25) is 0 Å². The smallest absolute Gasteiger partial charge is 0.416 e. The van der Waals surface area contributed by atoms with Crippen LogP contribution in [0.3, 0.4) is 0 Å². The van der Waals surface area contributed by atoms with E-state index in [-0.39, 0.29) is 17.3 Å². The molecule has 0 aliphatic heterocycles. The highest BCUT2D eigenvalue weighted by Crippen LogP contribution is 2.34. The summed E-state index contributed by atoms with van der Waals surface area (Å²) in [6.45, 7) is -0.0193. The van der Waals surface area contributed by atoms with Crippen LogP contribution in [-0.4, -0.2) is 11.7 Å². The fourth-order valence-corrected chi connectivity index (χ4v) is 1.81. The van der Waals surface area contributed by atoms with E-state index in [0.29, 0.717) is 5.76 Å². The molecule has 0 bridgehead atoms. The van der Waals surface area contributed by atoms with Gasteiger partial charge in [0.1, 0.15) is 11.9 Å². The van der Waals surface area contributed by atoms with Gasteiger partial charge >= 0.3 is 6.18 Å². The maximum absolute atomic E-state index is 12.6. The number of rotatable bonds is 4. The molecule has 1 atom stereocenters. The van der Waals surface area contributed by atoms with Gasteiger partial charge in [-0.15, -0.1) is 0 Å². The van der Waals surface area contributed by atoms with E-state index in [0.717, 1.165) is 18.2 Å². The summed E-state index contributed by atoms with van der Waals surface area (Å²) < 4.78 is 42.7. The summed E-state index contributed by atoms with van der Waals surface area (Å²) in [6.07, 6.45) is -4.02. The quantitative estimate of drug-likeness (QED) is 0.894. The Labute approximate surface area is 118 Å². The van der Waals surface area contributed by atoms with Crippen LogP contribution in [0, 0.1) is 0 Å². The Morgan fingerprint density at radius 1 is 1.30 bits per heavy atom. The third-order valence-corrected chi connectivity index (χ3v) is 2.98. The van der Waals surface area contributed by atoms with E-state index >= 15 is 0 Å². The number of benzene rings is 1. The minimum Gasteiger partial charge on any atom is -0.467 e. The Morgan fingerprint density at radius 2 is 2.05 bits per heavy atom. The van der Waals surface area contributed by atoms with E-state index < -0.39 is 17.8 Å². The average Bonchev–Trinajstić information content (AvgIpc) is 2.90. The SMILES string of the molecule is OC(CNc1cc(C(F)(F)F)ccc1Cl)c1ccco1. The number of aliphatic hydroxyl groups excluding tert-OH is 1. The van der Waals surface area contributed by atoms with Crippen molar-refractivity contribution in [3.8, 4) is 0 Å². The Kier molecular flexibility index (Phi) is 4.25. The van der Waals surface area contributed by atoms with Crippen molar-refractivity contribution in [2.24, 2.45) is 0 Å². The molecule has 20 heavy (non-hydrogen) atoms. The Balaban J connectivity index is 2.09. The summed E-state index contributed by atoms with van der Waals surface area (Å²) >= 11 is 5.82. The molecular weight excluding hydrogens is 295 g/mol. The van der Waals surface area contributed by atoms with Crippen molar-refractivity contribution in [1.82, 2.24) is 0 Å². The largest absolute Gasteiger partial charge is 0.467 e. The molecule has 0 spiro atoms. The highest BCUT2D eigenvalue weighted by atomic mass is 35.5. The monoisotopic (exact) mass is 305 g/mol. The van der Waals surface area contributed by atoms with Gasteiger partial charge in [-0.25, -0.2) is 0 Å². The molecule has 7 heteroatoms. The van der Waals surface area contributed by atoms with Gasteiger partial charge in [-0.2, -0.15) is 13.2 Å². The van der Waals surface area contributed by atoms with Crippen molar-refractivity contribution in [1.29, 1.82) is 0 Å². The molecule has 3 nitrogen and oxygen atoms in total. The van der Waals surface area contributed by atoms with Gasteiger partial charge in [0, 0.05) is 6.54 Å². The molecule has 1 unspecified atom stereocenters. The van der Waals surface area contributed by atoms with Gasteiger partial charge in [-0.05, 0) is 30.3 Å². The number of hydrogen-bond donors (Lipinski definition) is 2. The zero-order valence-electron chi connectivity index (χ0n) is 10.1. The summed E-state index contributed by atoms with van der Waals surface area (Å²) in [4.78, 5) is 0. The summed E-state index contributed by atoms with van der Waals surface area (Å²) in [5.41, 5.74) is -0.705. The van der Waals surface area contributed by atoms with Crippen molar-refractivity contribution in [2.45, 2.75) is 12.3 Å². The molecule has 2 rings (SSSR count). The van der Waals surface area contributed by atoms with Crippen LogP contribution in [0.2, 0.25) is 5.02 Å². The van der Waals surface area contributed by atoms with E-state index in [4.69, 9.17) is 16.0 Å². The number of nitrogens with one attached hydrogen (secondary N) is 1. The lowest BCUT2D eigenvalue weighted by Crippen LogP contribution is -2.13. The molecule has 0 aliphatic carbocycles. The predicted octanol–water partition coefficient (Wildman–Crippen LogP) is 4.10. The third kappa shape index (κ3) is 3.46. The van der Waals surface area contributed by atoms with Crippen LogP contribution in [-0.2, 0) is 6.18 Å². The molecular formula is C13H11ClF3NO2. The lowest BCUT2D eigenvalue weighted by molar-refractivity contribution is -0.137. The maximum Gasteiger partial charge on any atom is 0.416 e. The third-order valence-electron chi connectivity index (χ3n) is 2.65. The zero-order valence-corrected chi connectivity index (χ0v) is 10.9. The van der Waals surface area contributed by atoms with Crippen molar-refractivity contribution >= 4 is 17.3 Å². The molecule has 0 amide bonds. The Morgan fingerprint density at radius 3 is 2.65 bits per heavy atom. The van der Waals surface area contributed by atoms with Crippen LogP contribution in [0.25, 0.3) is 0 Å². The summed E-state index contributed by atoms with van der Waals surface area (Å²) in [5.74, 6) is 0.320. The van der Waals surface area contributed by atoms with Crippen LogP contribution in [0.15, 0.2) is 41.0 Å². The molecule has 0 fully saturated rings. The molecule has 1 aromatic carbocycles. The van der Waals surface area contributed by atoms with Crippen LogP contribution in [0.5, 0.6) is 0 Å². The first kappa shape index (κ1) is 14.7. The van der Waals surface area contributed by atoms with E-state index in [1.54, 1.807) is 12.1 Å². The minimum absolute atomic E-state index is 0.0193. The summed E-state index contributed by atoms with van der Waals surface area (Å²) in [6, 6.07) is 6.13. The molecule has 2 N–H and O–H groups in total. The van der Waals surface area contributed by atoms with Gasteiger partial charge in [0.15, 0.2) is 0 Å². The molecule has 2 aromatic rings. The van der Waals surface area contributed by atoms with Crippen molar-refractivity contribution in [3.05, 3.63) is 52.9 Å². The molecule has 0 saturated carbocycles. The van der Waals surface area contributed by atoms with E-state index in [9.17, 15) is 18.3 Å². The lowest BCUT2D eigenvalue weighted by Gasteiger charge is -2.14. The van der Waals surface area contributed by atoms with Gasteiger partial charge < -0.3 is 14.8 Å². The molecule has 0 radical (unpaired) electrons. The van der Waals surface area contributed by atoms with E-state index in [1.807, 2.05) is 0 Å². The Bertz CT molecular complexity index is 569. The van der Waals surface area contributed by atoms with Crippen molar-refractivity contribution in [3.63, 3.8) is 0 Å². The normalized spacial score (nSPS) is 13.2.